The fourth-order valence-corrected chi connectivity index (χ4v) is 2.46. The van der Waals surface area contributed by atoms with Crippen molar-refractivity contribution < 1.29 is 15.0 Å². The van der Waals surface area contributed by atoms with E-state index in [2.05, 4.69) is 0 Å². The Labute approximate surface area is 77.1 Å². The second-order valence-electron chi connectivity index (χ2n) is 4.12. The van der Waals surface area contributed by atoms with Crippen LogP contribution in [0.4, 0.5) is 0 Å². The molecule has 0 saturated heterocycles. The van der Waals surface area contributed by atoms with Crippen LogP contribution in [-0.4, -0.2) is 27.2 Å². The zero-order valence-electron chi connectivity index (χ0n) is 7.71. The topological polar surface area (TPSA) is 57.5 Å². The molecule has 0 aromatic rings. The van der Waals surface area contributed by atoms with Gasteiger partial charge in [0.1, 0.15) is 5.60 Å². The Morgan fingerprint density at radius 3 is 2.31 bits per heavy atom. The molecule has 72 valence electrons. The molecule has 0 spiro atoms. The first-order valence-corrected chi connectivity index (χ1v) is 4.69. The van der Waals surface area contributed by atoms with Gasteiger partial charge in [-0.25, -0.2) is 0 Å². The van der Waals surface area contributed by atoms with Crippen molar-refractivity contribution >= 4 is 5.78 Å². The van der Waals surface area contributed by atoms with E-state index in [1.807, 2.05) is 0 Å². The van der Waals surface area contributed by atoms with Crippen molar-refractivity contribution in [1.29, 1.82) is 0 Å². The Morgan fingerprint density at radius 1 is 1.23 bits per heavy atom. The third-order valence-electron chi connectivity index (χ3n) is 3.42. The molecule has 2 rings (SSSR count). The summed E-state index contributed by atoms with van der Waals surface area (Å²) in [7, 11) is 0. The molecule has 1 fully saturated rings. The van der Waals surface area contributed by atoms with Crippen molar-refractivity contribution in [3.05, 3.63) is 11.6 Å². The lowest BCUT2D eigenvalue weighted by Crippen LogP contribution is -2.57. The van der Waals surface area contributed by atoms with Gasteiger partial charge < -0.3 is 10.2 Å². The lowest BCUT2D eigenvalue weighted by Gasteiger charge is -2.42. The number of hydrogen-bond donors (Lipinski definition) is 2. The van der Waals surface area contributed by atoms with Crippen LogP contribution in [0, 0.1) is 0 Å². The van der Waals surface area contributed by atoms with E-state index >= 15 is 0 Å². The van der Waals surface area contributed by atoms with Gasteiger partial charge in [0, 0.05) is 0 Å². The Kier molecular flexibility index (Phi) is 1.66. The first-order valence-electron chi connectivity index (χ1n) is 4.69. The third kappa shape index (κ3) is 0.888. The predicted molar refractivity (Wildman–Crippen MR) is 47.1 cm³/mol. The van der Waals surface area contributed by atoms with Crippen molar-refractivity contribution in [2.24, 2.45) is 0 Å². The minimum absolute atomic E-state index is 0.327. The number of carbonyl (C=O) groups is 1. The second kappa shape index (κ2) is 2.42. The average Bonchev–Trinajstić information content (AvgIpc) is 2.25. The van der Waals surface area contributed by atoms with E-state index in [4.69, 9.17) is 0 Å². The van der Waals surface area contributed by atoms with E-state index < -0.39 is 11.2 Å². The predicted octanol–water partition coefficient (Wildman–Crippen LogP) is 0.552. The molecule has 0 aromatic carbocycles. The van der Waals surface area contributed by atoms with Gasteiger partial charge >= 0.3 is 0 Å². The number of ketones is 1. The van der Waals surface area contributed by atoms with Crippen LogP contribution in [-0.2, 0) is 4.79 Å². The summed E-state index contributed by atoms with van der Waals surface area (Å²) in [5.74, 6) is -0.327. The van der Waals surface area contributed by atoms with Gasteiger partial charge in [-0.3, -0.25) is 4.79 Å². The van der Waals surface area contributed by atoms with Crippen LogP contribution in [0.25, 0.3) is 0 Å². The Hall–Kier alpha value is -0.670. The Balaban J connectivity index is 2.47. The molecular formula is C10H14O3. The maximum atomic E-state index is 11.5. The van der Waals surface area contributed by atoms with Gasteiger partial charge in [0.05, 0.1) is 0 Å². The number of rotatable bonds is 0. The van der Waals surface area contributed by atoms with Crippen molar-refractivity contribution in [2.75, 3.05) is 0 Å². The smallest absolute Gasteiger partial charge is 0.190 e. The van der Waals surface area contributed by atoms with E-state index in [1.54, 1.807) is 6.92 Å². The van der Waals surface area contributed by atoms with Crippen LogP contribution in [0.2, 0.25) is 0 Å². The van der Waals surface area contributed by atoms with Gasteiger partial charge in [-0.2, -0.15) is 0 Å². The zero-order valence-corrected chi connectivity index (χ0v) is 7.71. The molecule has 3 heteroatoms. The lowest BCUT2D eigenvalue weighted by molar-refractivity contribution is -0.164. The SMILES string of the molecule is CC1=CC(=O)C2(O)CCCCC12O. The van der Waals surface area contributed by atoms with Gasteiger partial charge in [-0.15, -0.1) is 0 Å². The molecule has 0 aliphatic heterocycles. The molecular weight excluding hydrogens is 168 g/mol. The molecule has 1 saturated carbocycles. The molecule has 13 heavy (non-hydrogen) atoms. The van der Waals surface area contributed by atoms with Crippen molar-refractivity contribution in [2.45, 2.75) is 43.8 Å². The van der Waals surface area contributed by atoms with Crippen LogP contribution in [0.3, 0.4) is 0 Å². The molecule has 3 nitrogen and oxygen atoms in total. The zero-order chi connectivity index (χ0) is 9.69. The van der Waals surface area contributed by atoms with E-state index in [9.17, 15) is 15.0 Å². The highest BCUT2D eigenvalue weighted by Gasteiger charge is 2.59. The molecule has 0 heterocycles. The standard InChI is InChI=1S/C10H14O3/c1-7-6-8(11)10(13)5-3-2-4-9(7,10)12/h6,12-13H,2-5H2,1H3. The summed E-state index contributed by atoms with van der Waals surface area (Å²) in [4.78, 5) is 11.5. The number of fused-ring (bicyclic) bond motifs is 1. The third-order valence-corrected chi connectivity index (χ3v) is 3.42. The van der Waals surface area contributed by atoms with Crippen molar-refractivity contribution in [1.82, 2.24) is 0 Å². The minimum Gasteiger partial charge on any atom is -0.382 e. The fraction of sp³-hybridized carbons (Fsp3) is 0.700. The molecule has 0 aromatic heterocycles. The quantitative estimate of drug-likeness (QED) is 0.575. The number of aliphatic hydroxyl groups is 2. The summed E-state index contributed by atoms with van der Waals surface area (Å²) < 4.78 is 0. The van der Waals surface area contributed by atoms with Crippen LogP contribution < -0.4 is 0 Å². The largest absolute Gasteiger partial charge is 0.382 e. The molecule has 0 bridgehead atoms. The summed E-state index contributed by atoms with van der Waals surface area (Å²) in [5, 5.41) is 20.2. The summed E-state index contributed by atoms with van der Waals surface area (Å²) in [6, 6.07) is 0. The second-order valence-corrected chi connectivity index (χ2v) is 4.12. The highest BCUT2D eigenvalue weighted by atomic mass is 16.4. The van der Waals surface area contributed by atoms with Gasteiger partial charge in [0.15, 0.2) is 11.4 Å². The molecule has 0 amide bonds. The Morgan fingerprint density at radius 2 is 1.77 bits per heavy atom. The van der Waals surface area contributed by atoms with Crippen LogP contribution in [0.15, 0.2) is 11.6 Å². The molecule has 2 unspecified atom stereocenters. The Bertz CT molecular complexity index is 295. The summed E-state index contributed by atoms with van der Waals surface area (Å²) >= 11 is 0. The molecule has 2 N–H and O–H groups in total. The van der Waals surface area contributed by atoms with Crippen LogP contribution in [0.1, 0.15) is 32.6 Å². The molecule has 0 radical (unpaired) electrons. The lowest BCUT2D eigenvalue weighted by atomic mass is 9.71. The molecule has 2 atom stereocenters. The highest BCUT2D eigenvalue weighted by Crippen LogP contribution is 2.46. The summed E-state index contributed by atoms with van der Waals surface area (Å²) in [5.41, 5.74) is -2.18. The maximum absolute atomic E-state index is 11.5. The molecule has 2 aliphatic carbocycles. The highest BCUT2D eigenvalue weighted by molar-refractivity contribution is 6.02. The van der Waals surface area contributed by atoms with Crippen molar-refractivity contribution in [3.63, 3.8) is 0 Å². The van der Waals surface area contributed by atoms with Crippen molar-refractivity contribution in [3.8, 4) is 0 Å². The monoisotopic (exact) mass is 182 g/mol. The van der Waals surface area contributed by atoms with E-state index in [0.29, 0.717) is 18.4 Å². The normalized spacial score (nSPS) is 44.5. The van der Waals surface area contributed by atoms with Gasteiger partial charge in [-0.05, 0) is 44.3 Å². The van der Waals surface area contributed by atoms with Gasteiger partial charge in [-0.1, -0.05) is 0 Å². The van der Waals surface area contributed by atoms with E-state index in [0.717, 1.165) is 12.8 Å². The van der Waals surface area contributed by atoms with Crippen LogP contribution in [0.5, 0.6) is 0 Å². The maximum Gasteiger partial charge on any atom is 0.190 e. The molecule has 2 aliphatic rings. The van der Waals surface area contributed by atoms with Gasteiger partial charge in [0.25, 0.3) is 0 Å². The minimum atomic E-state index is -1.52. The van der Waals surface area contributed by atoms with E-state index in [-0.39, 0.29) is 5.78 Å². The van der Waals surface area contributed by atoms with Crippen LogP contribution >= 0.6 is 0 Å². The fourth-order valence-electron chi connectivity index (χ4n) is 2.46. The number of hydrogen-bond acceptors (Lipinski definition) is 3. The summed E-state index contributed by atoms with van der Waals surface area (Å²) in [6.07, 6.45) is 3.95. The first-order chi connectivity index (χ1) is 6.01. The van der Waals surface area contributed by atoms with Gasteiger partial charge in [0.2, 0.25) is 0 Å². The number of carbonyl (C=O) groups excluding carboxylic acids is 1. The average molecular weight is 182 g/mol. The van der Waals surface area contributed by atoms with E-state index in [1.165, 1.54) is 6.08 Å². The first kappa shape index (κ1) is 8.91. The summed E-state index contributed by atoms with van der Waals surface area (Å²) in [6.45, 7) is 1.71.